The van der Waals surface area contributed by atoms with Gasteiger partial charge < -0.3 is 10.2 Å². The molecule has 0 spiro atoms. The fourth-order valence-electron chi connectivity index (χ4n) is 3.33. The summed E-state index contributed by atoms with van der Waals surface area (Å²) in [5.41, 5.74) is 0. The molecule has 0 radical (unpaired) electrons. The van der Waals surface area contributed by atoms with Gasteiger partial charge in [-0.25, -0.2) is 12.7 Å². The Morgan fingerprint density at radius 2 is 1.96 bits per heavy atom. The Labute approximate surface area is 174 Å². The molecule has 0 aromatic heterocycles. The lowest BCUT2D eigenvalue weighted by atomic mass is 10.2. The number of nitrogens with zero attached hydrogens (tertiary/aromatic N) is 3. The summed E-state index contributed by atoms with van der Waals surface area (Å²) in [6.45, 7) is 9.80. The van der Waals surface area contributed by atoms with Crippen molar-refractivity contribution in [2.75, 3.05) is 50.8 Å². The van der Waals surface area contributed by atoms with Crippen molar-refractivity contribution in [2.45, 2.75) is 32.1 Å². The van der Waals surface area contributed by atoms with Gasteiger partial charge in [-0.15, -0.1) is 11.8 Å². The van der Waals surface area contributed by atoms with E-state index >= 15 is 0 Å². The van der Waals surface area contributed by atoms with Gasteiger partial charge in [0.1, 0.15) is 0 Å². The Morgan fingerprint density at radius 3 is 2.61 bits per heavy atom. The molecule has 1 aromatic rings. The highest BCUT2D eigenvalue weighted by atomic mass is 32.2. The van der Waals surface area contributed by atoms with E-state index in [1.165, 1.54) is 9.20 Å². The minimum absolute atomic E-state index is 0.0602. The summed E-state index contributed by atoms with van der Waals surface area (Å²) in [4.78, 5) is 8.18. The smallest absolute Gasteiger partial charge is 0.215 e. The molecule has 28 heavy (non-hydrogen) atoms. The number of likely N-dealkylation sites (tertiary alicyclic amines) is 1. The van der Waals surface area contributed by atoms with Gasteiger partial charge in [-0.1, -0.05) is 32.0 Å². The van der Waals surface area contributed by atoms with E-state index in [1.807, 2.05) is 38.6 Å². The van der Waals surface area contributed by atoms with Crippen LogP contribution in [0.1, 0.15) is 27.2 Å². The van der Waals surface area contributed by atoms with E-state index in [1.54, 1.807) is 0 Å². The van der Waals surface area contributed by atoms with Gasteiger partial charge in [-0.3, -0.25) is 4.99 Å². The molecule has 8 heteroatoms. The number of thioether (sulfide) groups is 1. The molecule has 1 aromatic carbocycles. The van der Waals surface area contributed by atoms with Gasteiger partial charge in [0.05, 0.1) is 12.3 Å². The first-order chi connectivity index (χ1) is 13.5. The van der Waals surface area contributed by atoms with Crippen LogP contribution in [0.3, 0.4) is 0 Å². The number of sulfonamides is 1. The highest BCUT2D eigenvalue weighted by Crippen LogP contribution is 2.25. The molecule has 158 valence electrons. The van der Waals surface area contributed by atoms with E-state index < -0.39 is 10.0 Å². The molecule has 0 bridgehead atoms. The van der Waals surface area contributed by atoms with Gasteiger partial charge in [-0.05, 0) is 31.4 Å². The predicted octanol–water partition coefficient (Wildman–Crippen LogP) is 2.74. The SMILES string of the molecule is CCNC(=NCCS(=O)(=O)N(CC)CC)N1CCC(CSc2ccccc2)C1. The maximum absolute atomic E-state index is 12.3. The third kappa shape index (κ3) is 6.97. The van der Waals surface area contributed by atoms with Gasteiger partial charge in [0, 0.05) is 43.4 Å². The molecule has 2 rings (SSSR count). The molecule has 0 aliphatic carbocycles. The van der Waals surface area contributed by atoms with E-state index in [2.05, 4.69) is 39.5 Å². The zero-order valence-corrected chi connectivity index (χ0v) is 18.9. The van der Waals surface area contributed by atoms with E-state index in [4.69, 9.17) is 0 Å². The summed E-state index contributed by atoms with van der Waals surface area (Å²) < 4.78 is 26.2. The second-order valence-electron chi connectivity index (χ2n) is 6.86. The maximum Gasteiger partial charge on any atom is 0.215 e. The van der Waals surface area contributed by atoms with Crippen LogP contribution in [-0.2, 0) is 10.0 Å². The van der Waals surface area contributed by atoms with Crippen molar-refractivity contribution < 1.29 is 8.42 Å². The molecular formula is C20H34N4O2S2. The Balaban J connectivity index is 1.88. The lowest BCUT2D eigenvalue weighted by Crippen LogP contribution is -2.41. The van der Waals surface area contributed by atoms with Crippen LogP contribution in [-0.4, -0.2) is 74.4 Å². The lowest BCUT2D eigenvalue weighted by molar-refractivity contribution is 0.445. The quantitative estimate of drug-likeness (QED) is 0.354. The molecule has 0 amide bonds. The third-order valence-corrected chi connectivity index (χ3v) is 8.10. The number of hydrogen-bond donors (Lipinski definition) is 1. The second kappa shape index (κ2) is 11.7. The first kappa shape index (κ1) is 23.0. The Hall–Kier alpha value is -1.25. The minimum atomic E-state index is -3.23. The van der Waals surface area contributed by atoms with E-state index in [0.29, 0.717) is 25.6 Å². The molecule has 1 aliphatic heterocycles. The fourth-order valence-corrected chi connectivity index (χ4v) is 5.75. The van der Waals surface area contributed by atoms with Gasteiger partial charge >= 0.3 is 0 Å². The van der Waals surface area contributed by atoms with Crippen LogP contribution >= 0.6 is 11.8 Å². The van der Waals surface area contributed by atoms with Crippen LogP contribution in [0, 0.1) is 5.92 Å². The Kier molecular flexibility index (Phi) is 9.61. The molecular weight excluding hydrogens is 392 g/mol. The summed E-state index contributed by atoms with van der Waals surface area (Å²) in [6.07, 6.45) is 1.14. The van der Waals surface area contributed by atoms with Crippen molar-refractivity contribution in [1.82, 2.24) is 14.5 Å². The Bertz CT molecular complexity index is 706. The highest BCUT2D eigenvalue weighted by molar-refractivity contribution is 7.99. The van der Waals surface area contributed by atoms with Crippen LogP contribution in [0.4, 0.5) is 0 Å². The Morgan fingerprint density at radius 1 is 1.25 bits per heavy atom. The predicted molar refractivity (Wildman–Crippen MR) is 120 cm³/mol. The summed E-state index contributed by atoms with van der Waals surface area (Å²) >= 11 is 1.90. The van der Waals surface area contributed by atoms with Gasteiger partial charge in [-0.2, -0.15) is 0 Å². The van der Waals surface area contributed by atoms with Crippen molar-refractivity contribution in [2.24, 2.45) is 10.9 Å². The first-order valence-electron chi connectivity index (χ1n) is 10.2. The van der Waals surface area contributed by atoms with Crippen LogP contribution in [0.25, 0.3) is 0 Å². The molecule has 1 saturated heterocycles. The molecule has 1 aliphatic rings. The minimum Gasteiger partial charge on any atom is -0.357 e. The van der Waals surface area contributed by atoms with Crippen LogP contribution in [0.2, 0.25) is 0 Å². The van der Waals surface area contributed by atoms with Gasteiger partial charge in [0.25, 0.3) is 0 Å². The summed E-state index contributed by atoms with van der Waals surface area (Å²) in [6, 6.07) is 10.5. The lowest BCUT2D eigenvalue weighted by Gasteiger charge is -2.22. The third-order valence-electron chi connectivity index (χ3n) is 4.86. The molecule has 6 nitrogen and oxygen atoms in total. The van der Waals surface area contributed by atoms with Crippen LogP contribution in [0.15, 0.2) is 40.2 Å². The monoisotopic (exact) mass is 426 g/mol. The molecule has 1 atom stereocenters. The number of nitrogens with one attached hydrogen (secondary N) is 1. The first-order valence-corrected chi connectivity index (χ1v) is 12.8. The van der Waals surface area contributed by atoms with E-state index in [9.17, 15) is 8.42 Å². The molecule has 1 N–H and O–H groups in total. The molecule has 1 heterocycles. The maximum atomic E-state index is 12.3. The van der Waals surface area contributed by atoms with Gasteiger partial charge in [0.2, 0.25) is 10.0 Å². The van der Waals surface area contributed by atoms with Crippen molar-refractivity contribution >= 4 is 27.7 Å². The van der Waals surface area contributed by atoms with Crippen molar-refractivity contribution in [1.29, 1.82) is 0 Å². The summed E-state index contributed by atoms with van der Waals surface area (Å²) in [5, 5.41) is 3.32. The zero-order chi connectivity index (χ0) is 20.4. The van der Waals surface area contributed by atoms with Crippen molar-refractivity contribution in [3.05, 3.63) is 30.3 Å². The number of guanidine groups is 1. The average molecular weight is 427 g/mol. The topological polar surface area (TPSA) is 65.0 Å². The molecule has 0 saturated carbocycles. The largest absolute Gasteiger partial charge is 0.357 e. The standard InChI is InChI=1S/C20H34N4O2S2/c1-4-21-20(22-13-15-28(25,26)24(5-2)6-3)23-14-12-18(16-23)17-27-19-10-8-7-9-11-19/h7-11,18H,4-6,12-17H2,1-3H3,(H,21,22). The molecule has 1 fully saturated rings. The van der Waals surface area contributed by atoms with Crippen molar-refractivity contribution in [3.8, 4) is 0 Å². The van der Waals surface area contributed by atoms with Crippen molar-refractivity contribution in [3.63, 3.8) is 0 Å². The van der Waals surface area contributed by atoms with Crippen LogP contribution in [0.5, 0.6) is 0 Å². The molecule has 1 unspecified atom stereocenters. The van der Waals surface area contributed by atoms with E-state index in [0.717, 1.165) is 37.8 Å². The average Bonchev–Trinajstić information content (AvgIpc) is 3.16. The summed E-state index contributed by atoms with van der Waals surface area (Å²) in [7, 11) is -3.23. The fraction of sp³-hybridized carbons (Fsp3) is 0.650. The summed E-state index contributed by atoms with van der Waals surface area (Å²) in [5.74, 6) is 2.61. The number of rotatable bonds is 10. The van der Waals surface area contributed by atoms with Crippen LogP contribution < -0.4 is 5.32 Å². The van der Waals surface area contributed by atoms with Gasteiger partial charge in [0.15, 0.2) is 5.96 Å². The zero-order valence-electron chi connectivity index (χ0n) is 17.3. The second-order valence-corrected chi connectivity index (χ2v) is 10.0. The number of aliphatic imine (C=N–C) groups is 1. The number of benzene rings is 1. The van der Waals surface area contributed by atoms with E-state index in [-0.39, 0.29) is 5.75 Å². The highest BCUT2D eigenvalue weighted by Gasteiger charge is 2.25. The number of hydrogen-bond acceptors (Lipinski definition) is 4. The normalized spacial score (nSPS) is 18.1.